The summed E-state index contributed by atoms with van der Waals surface area (Å²) in [7, 11) is 1.59. The number of hydrogen-bond donors (Lipinski definition) is 2. The fraction of sp³-hybridized carbons (Fsp3) is 0.435. The van der Waals surface area contributed by atoms with E-state index in [0.717, 1.165) is 50.4 Å². The average Bonchev–Trinajstić information content (AvgIpc) is 3.08. The van der Waals surface area contributed by atoms with Gasteiger partial charge in [-0.3, -0.25) is 10.3 Å². The van der Waals surface area contributed by atoms with Gasteiger partial charge in [0, 0.05) is 26.2 Å². The number of fused-ring (bicyclic) bond motifs is 1. The van der Waals surface area contributed by atoms with Gasteiger partial charge in [0.1, 0.15) is 12.7 Å². The predicted molar refractivity (Wildman–Crippen MR) is 118 cm³/mol. The molecule has 31 heavy (non-hydrogen) atoms. The van der Waals surface area contributed by atoms with Crippen LogP contribution in [0, 0.1) is 5.41 Å². The molecule has 8 nitrogen and oxygen atoms in total. The first-order valence-corrected chi connectivity index (χ1v) is 10.6. The fourth-order valence-corrected chi connectivity index (χ4v) is 3.96. The molecule has 0 radical (unpaired) electrons. The Balaban J connectivity index is 1.48. The van der Waals surface area contributed by atoms with Gasteiger partial charge in [0.05, 0.1) is 37.9 Å². The van der Waals surface area contributed by atoms with Gasteiger partial charge in [0.15, 0.2) is 11.5 Å². The average molecular weight is 427 g/mol. The number of rotatable bonds is 9. The lowest BCUT2D eigenvalue weighted by atomic mass is 10.3. The number of methoxy groups -OCH3 is 1. The quantitative estimate of drug-likeness (QED) is 0.544. The molecular formula is C23H30N4O4. The van der Waals surface area contributed by atoms with E-state index >= 15 is 0 Å². The topological polar surface area (TPSA) is 84.9 Å². The lowest BCUT2D eigenvalue weighted by molar-refractivity contribution is 0.0363. The van der Waals surface area contributed by atoms with E-state index in [1.807, 2.05) is 57.7 Å². The summed E-state index contributed by atoms with van der Waals surface area (Å²) < 4.78 is 20.4. The fourth-order valence-electron chi connectivity index (χ4n) is 3.96. The number of imidazole rings is 1. The zero-order valence-electron chi connectivity index (χ0n) is 17.9. The Hall–Kier alpha value is -2.81. The Morgan fingerprint density at radius 2 is 1.61 bits per heavy atom. The largest absolute Gasteiger partial charge is 0.493 e. The first-order chi connectivity index (χ1) is 15.2. The highest BCUT2D eigenvalue weighted by Crippen LogP contribution is 2.26. The second-order valence-corrected chi connectivity index (χ2v) is 7.64. The standard InChI is InChI=1S/C23H30N4O4/c1-29-21-8-4-5-9-22(21)31-17-18(28)16-27-20-7-3-2-6-19(20)26(23(27)24)11-10-25-12-14-30-15-13-25/h2-9,18,24,28H,10-17H2,1H3/t18-/m1/s1. The number of aliphatic hydroxyl groups is 1. The van der Waals surface area contributed by atoms with Crippen LogP contribution >= 0.6 is 0 Å². The molecule has 1 aromatic heterocycles. The van der Waals surface area contributed by atoms with Gasteiger partial charge in [-0.15, -0.1) is 0 Å². The Morgan fingerprint density at radius 3 is 2.32 bits per heavy atom. The van der Waals surface area contributed by atoms with E-state index in [0.29, 0.717) is 17.1 Å². The molecule has 8 heteroatoms. The Kier molecular flexibility index (Phi) is 6.91. The highest BCUT2D eigenvalue weighted by atomic mass is 16.5. The summed E-state index contributed by atoms with van der Waals surface area (Å²) in [6, 6.07) is 15.3. The molecule has 1 aliphatic heterocycles. The minimum Gasteiger partial charge on any atom is -0.493 e. The number of para-hydroxylation sites is 4. The highest BCUT2D eigenvalue weighted by molar-refractivity contribution is 5.75. The predicted octanol–water partition coefficient (Wildman–Crippen LogP) is 1.70. The van der Waals surface area contributed by atoms with Gasteiger partial charge in [0.2, 0.25) is 5.62 Å². The number of morpholine rings is 1. The van der Waals surface area contributed by atoms with Gasteiger partial charge in [-0.05, 0) is 24.3 Å². The van der Waals surface area contributed by atoms with Crippen LogP contribution in [-0.4, -0.2) is 71.8 Å². The van der Waals surface area contributed by atoms with E-state index in [1.54, 1.807) is 7.11 Å². The zero-order valence-corrected chi connectivity index (χ0v) is 17.9. The van der Waals surface area contributed by atoms with Crippen molar-refractivity contribution in [2.24, 2.45) is 0 Å². The minimum absolute atomic E-state index is 0.111. The van der Waals surface area contributed by atoms with Crippen LogP contribution < -0.4 is 15.1 Å². The zero-order chi connectivity index (χ0) is 21.6. The van der Waals surface area contributed by atoms with Crippen LogP contribution in [0.25, 0.3) is 11.0 Å². The van der Waals surface area contributed by atoms with Crippen LogP contribution in [0.2, 0.25) is 0 Å². The molecule has 2 heterocycles. The van der Waals surface area contributed by atoms with E-state index < -0.39 is 6.10 Å². The molecule has 0 unspecified atom stereocenters. The maximum atomic E-state index is 10.7. The molecule has 1 atom stereocenters. The van der Waals surface area contributed by atoms with Crippen molar-refractivity contribution in [2.75, 3.05) is 46.6 Å². The summed E-state index contributed by atoms with van der Waals surface area (Å²) in [6.07, 6.45) is -0.766. The lowest BCUT2D eigenvalue weighted by Crippen LogP contribution is -2.39. The number of ether oxygens (including phenoxy) is 3. The molecule has 0 spiro atoms. The van der Waals surface area contributed by atoms with E-state index in [-0.39, 0.29) is 13.2 Å². The second-order valence-electron chi connectivity index (χ2n) is 7.64. The van der Waals surface area contributed by atoms with E-state index in [4.69, 9.17) is 19.6 Å². The first-order valence-electron chi connectivity index (χ1n) is 10.6. The molecule has 1 saturated heterocycles. The van der Waals surface area contributed by atoms with E-state index in [2.05, 4.69) is 4.90 Å². The van der Waals surface area contributed by atoms with Crippen molar-refractivity contribution in [1.82, 2.24) is 14.0 Å². The Labute approximate surface area is 181 Å². The van der Waals surface area contributed by atoms with E-state index in [9.17, 15) is 5.11 Å². The molecule has 4 rings (SSSR count). The van der Waals surface area contributed by atoms with Gasteiger partial charge in [-0.25, -0.2) is 0 Å². The number of nitrogens with one attached hydrogen (secondary N) is 1. The molecular weight excluding hydrogens is 396 g/mol. The third-order valence-electron chi connectivity index (χ3n) is 5.61. The van der Waals surface area contributed by atoms with Gasteiger partial charge < -0.3 is 28.5 Å². The van der Waals surface area contributed by atoms with Crippen LogP contribution in [0.4, 0.5) is 0 Å². The molecule has 1 fully saturated rings. The maximum absolute atomic E-state index is 10.7. The van der Waals surface area contributed by atoms with Crippen LogP contribution in [0.15, 0.2) is 48.5 Å². The number of nitrogens with zero attached hydrogens (tertiary/aromatic N) is 3. The number of benzene rings is 2. The summed E-state index contributed by atoms with van der Waals surface area (Å²) in [4.78, 5) is 2.36. The van der Waals surface area contributed by atoms with Gasteiger partial charge in [0.25, 0.3) is 0 Å². The molecule has 2 aromatic carbocycles. The number of aliphatic hydroxyl groups excluding tert-OH is 1. The molecule has 1 aliphatic rings. The Bertz CT molecular complexity index is 1060. The first kappa shape index (κ1) is 21.4. The summed E-state index contributed by atoms with van der Waals surface area (Å²) in [6.45, 7) is 5.35. The summed E-state index contributed by atoms with van der Waals surface area (Å²) >= 11 is 0. The second kappa shape index (κ2) is 10.00. The van der Waals surface area contributed by atoms with Crippen LogP contribution in [0.3, 0.4) is 0 Å². The summed E-state index contributed by atoms with van der Waals surface area (Å²) in [5.74, 6) is 1.22. The number of aromatic nitrogens is 2. The molecule has 0 aliphatic carbocycles. The van der Waals surface area contributed by atoms with Crippen molar-refractivity contribution in [3.8, 4) is 11.5 Å². The minimum atomic E-state index is -0.766. The highest BCUT2D eigenvalue weighted by Gasteiger charge is 2.16. The van der Waals surface area contributed by atoms with Crippen LogP contribution in [0.5, 0.6) is 11.5 Å². The SMILES string of the molecule is COc1ccccc1OC[C@H](O)Cn1c(=N)n(CCN2CCOCC2)c2ccccc21. The van der Waals surface area contributed by atoms with E-state index in [1.165, 1.54) is 0 Å². The monoisotopic (exact) mass is 426 g/mol. The smallest absolute Gasteiger partial charge is 0.203 e. The molecule has 2 N–H and O–H groups in total. The van der Waals surface area contributed by atoms with Gasteiger partial charge >= 0.3 is 0 Å². The van der Waals surface area contributed by atoms with Crippen molar-refractivity contribution < 1.29 is 19.3 Å². The van der Waals surface area contributed by atoms with Crippen LogP contribution in [-0.2, 0) is 17.8 Å². The lowest BCUT2D eigenvalue weighted by Gasteiger charge is -2.26. The molecule has 166 valence electrons. The van der Waals surface area contributed by atoms with Crippen molar-refractivity contribution in [3.63, 3.8) is 0 Å². The molecule has 0 amide bonds. The molecule has 0 bridgehead atoms. The van der Waals surface area contributed by atoms with Crippen molar-refractivity contribution in [1.29, 1.82) is 5.41 Å². The van der Waals surface area contributed by atoms with Gasteiger partial charge in [-0.1, -0.05) is 24.3 Å². The number of hydrogen-bond acceptors (Lipinski definition) is 6. The summed E-state index contributed by atoms with van der Waals surface area (Å²) in [5, 5.41) is 19.4. The Morgan fingerprint density at radius 1 is 0.968 bits per heavy atom. The maximum Gasteiger partial charge on any atom is 0.203 e. The third kappa shape index (κ3) is 4.92. The molecule has 0 saturated carbocycles. The van der Waals surface area contributed by atoms with Crippen molar-refractivity contribution in [3.05, 3.63) is 54.1 Å². The third-order valence-corrected chi connectivity index (χ3v) is 5.61. The summed E-state index contributed by atoms with van der Waals surface area (Å²) in [5.41, 5.74) is 2.32. The van der Waals surface area contributed by atoms with Gasteiger partial charge in [-0.2, -0.15) is 0 Å². The van der Waals surface area contributed by atoms with Crippen LogP contribution in [0.1, 0.15) is 0 Å². The van der Waals surface area contributed by atoms with Crippen molar-refractivity contribution >= 4 is 11.0 Å². The molecule has 3 aromatic rings. The normalized spacial score (nSPS) is 15.8. The van der Waals surface area contributed by atoms with Crippen molar-refractivity contribution in [2.45, 2.75) is 19.2 Å².